The number of carbonyl (C=O) groups excluding carboxylic acids is 1. The topological polar surface area (TPSA) is 76.6 Å². The Labute approximate surface area is 240 Å². The van der Waals surface area contributed by atoms with Crippen molar-refractivity contribution < 1.29 is 27.4 Å². The number of anilines is 1. The zero-order valence-electron chi connectivity index (χ0n) is 22.6. The van der Waals surface area contributed by atoms with Gasteiger partial charge in [-0.3, -0.25) is 0 Å². The van der Waals surface area contributed by atoms with Gasteiger partial charge in [0.25, 0.3) is 0 Å². The van der Waals surface area contributed by atoms with Gasteiger partial charge in [0.05, 0.1) is 17.1 Å². The molecule has 1 saturated heterocycles. The van der Waals surface area contributed by atoms with Crippen LogP contribution in [0.4, 0.5) is 23.8 Å². The van der Waals surface area contributed by atoms with Crippen molar-refractivity contribution in [1.82, 2.24) is 15.1 Å². The number of nitrogens with one attached hydrogen (secondary N) is 1. The molecular weight excluding hydrogens is 601 g/mol. The third-order valence-corrected chi connectivity index (χ3v) is 7.52. The summed E-state index contributed by atoms with van der Waals surface area (Å²) in [4.78, 5) is 14.2. The van der Waals surface area contributed by atoms with Gasteiger partial charge in [-0.25, -0.2) is 4.79 Å². The molecule has 1 aliphatic rings. The van der Waals surface area contributed by atoms with Crippen LogP contribution in [0.3, 0.4) is 0 Å². The van der Waals surface area contributed by atoms with E-state index in [2.05, 4.69) is 31.4 Å². The summed E-state index contributed by atoms with van der Waals surface area (Å²) in [6, 6.07) is 4.05. The first-order valence-corrected chi connectivity index (χ1v) is 14.1. The predicted molar refractivity (Wildman–Crippen MR) is 148 cm³/mol. The first-order valence-electron chi connectivity index (χ1n) is 13.0. The van der Waals surface area contributed by atoms with Crippen LogP contribution in [0.2, 0.25) is 5.15 Å². The largest absolute Gasteiger partial charge is 0.496 e. The minimum absolute atomic E-state index is 0.0116. The quantitative estimate of drug-likeness (QED) is 0.285. The Hall–Kier alpha value is -2.27. The number of halogens is 5. The Kier molecular flexibility index (Phi) is 10.7. The van der Waals surface area contributed by atoms with E-state index in [4.69, 9.17) is 21.1 Å². The second-order valence-corrected chi connectivity index (χ2v) is 11.8. The minimum atomic E-state index is -4.44. The van der Waals surface area contributed by atoms with E-state index in [0.29, 0.717) is 53.4 Å². The third-order valence-electron chi connectivity index (χ3n) is 6.30. The Bertz CT molecular complexity index is 1140. The number of rotatable bonds is 9. The summed E-state index contributed by atoms with van der Waals surface area (Å²) in [6.07, 6.45) is 0.378. The van der Waals surface area contributed by atoms with E-state index in [-0.39, 0.29) is 17.9 Å². The lowest BCUT2D eigenvalue weighted by atomic mass is 10.0. The molecule has 12 heteroatoms. The van der Waals surface area contributed by atoms with Crippen LogP contribution in [0.25, 0.3) is 0 Å². The molecule has 0 radical (unpaired) electrons. The fourth-order valence-corrected chi connectivity index (χ4v) is 5.19. The number of methoxy groups -OCH3 is 1. The first kappa shape index (κ1) is 31.3. The molecule has 7 nitrogen and oxygen atoms in total. The third kappa shape index (κ3) is 9.41. The highest BCUT2D eigenvalue weighted by molar-refractivity contribution is 9.10. The molecule has 1 fully saturated rings. The van der Waals surface area contributed by atoms with Crippen molar-refractivity contribution in [3.63, 3.8) is 0 Å². The lowest BCUT2D eigenvalue weighted by Crippen LogP contribution is -2.47. The van der Waals surface area contributed by atoms with Gasteiger partial charge in [-0.05, 0) is 105 Å². The number of unbranched alkanes of at least 4 members (excludes halogenated alkanes) is 2. The number of alkyl halides is 3. The van der Waals surface area contributed by atoms with Gasteiger partial charge in [0.15, 0.2) is 5.15 Å². The van der Waals surface area contributed by atoms with E-state index in [1.54, 1.807) is 4.90 Å². The number of carbonyl (C=O) groups is 1. The van der Waals surface area contributed by atoms with Gasteiger partial charge in [-0.15, -0.1) is 10.2 Å². The van der Waals surface area contributed by atoms with Crippen LogP contribution in [0.5, 0.6) is 5.75 Å². The molecule has 2 aromatic rings. The highest BCUT2D eigenvalue weighted by Crippen LogP contribution is 2.38. The number of nitrogens with zero attached hydrogens (tertiary/aromatic N) is 3. The summed E-state index contributed by atoms with van der Waals surface area (Å²) in [6.45, 7) is 6.68. The highest BCUT2D eigenvalue weighted by atomic mass is 79.9. The van der Waals surface area contributed by atoms with Crippen LogP contribution < -0.4 is 10.1 Å². The zero-order valence-corrected chi connectivity index (χ0v) is 25.0. The number of aryl methyl sites for hydroxylation is 2. The number of hydrogen-bond acceptors (Lipinski definition) is 6. The molecule has 216 valence electrons. The second kappa shape index (κ2) is 13.4. The summed E-state index contributed by atoms with van der Waals surface area (Å²) in [5.74, 6) is 0.757. The van der Waals surface area contributed by atoms with Crippen molar-refractivity contribution in [1.29, 1.82) is 0 Å². The minimum Gasteiger partial charge on any atom is -0.496 e. The van der Waals surface area contributed by atoms with Crippen molar-refractivity contribution in [3.05, 3.63) is 44.5 Å². The van der Waals surface area contributed by atoms with E-state index >= 15 is 0 Å². The molecule has 0 bridgehead atoms. The lowest BCUT2D eigenvalue weighted by molar-refractivity contribution is -0.137. The normalized spacial score (nSPS) is 16.2. The van der Waals surface area contributed by atoms with Gasteiger partial charge in [0, 0.05) is 19.1 Å². The summed E-state index contributed by atoms with van der Waals surface area (Å²) in [7, 11) is 1.35. The number of likely N-dealkylation sites (tertiary alicyclic amines) is 1. The molecule has 1 N–H and O–H groups in total. The number of aromatic nitrogens is 2. The summed E-state index contributed by atoms with van der Waals surface area (Å²) in [5.41, 5.74) is 0.129. The van der Waals surface area contributed by atoms with Crippen LogP contribution in [0.15, 0.2) is 22.7 Å². The molecule has 1 aromatic carbocycles. The number of amides is 1. The molecule has 0 unspecified atom stereocenters. The van der Waals surface area contributed by atoms with Crippen molar-refractivity contribution in [2.75, 3.05) is 25.5 Å². The highest BCUT2D eigenvalue weighted by Gasteiger charge is 2.32. The van der Waals surface area contributed by atoms with Crippen molar-refractivity contribution in [3.8, 4) is 5.75 Å². The smallest absolute Gasteiger partial charge is 0.416 e. The Morgan fingerprint density at radius 1 is 1.13 bits per heavy atom. The van der Waals surface area contributed by atoms with Gasteiger partial charge in [0.2, 0.25) is 0 Å². The maximum Gasteiger partial charge on any atom is 0.416 e. The second-order valence-electron chi connectivity index (χ2n) is 10.7. The molecule has 1 aromatic heterocycles. The van der Waals surface area contributed by atoms with Gasteiger partial charge in [-0.2, -0.15) is 13.2 Å². The Morgan fingerprint density at radius 3 is 2.46 bits per heavy atom. The molecule has 39 heavy (non-hydrogen) atoms. The van der Waals surface area contributed by atoms with Crippen LogP contribution >= 0.6 is 27.5 Å². The molecule has 3 rings (SSSR count). The maximum atomic E-state index is 13.3. The molecular formula is C27H35BrClF3N4O3. The Morgan fingerprint density at radius 2 is 1.82 bits per heavy atom. The molecule has 0 aliphatic carbocycles. The SMILES string of the molecule is COc1cc(C(F)(F)F)cc(CCCCCc2cc(N[C@@H]3CCCN(C(=O)OC(C)(C)C)C3)nnc2Cl)c1Br. The maximum absolute atomic E-state index is 13.3. The van der Waals surface area contributed by atoms with Crippen molar-refractivity contribution in [2.45, 2.75) is 83.5 Å². The number of hydrogen-bond donors (Lipinski definition) is 1. The molecule has 0 spiro atoms. The van der Waals surface area contributed by atoms with Crippen molar-refractivity contribution >= 4 is 39.4 Å². The van der Waals surface area contributed by atoms with E-state index in [1.165, 1.54) is 13.2 Å². The van der Waals surface area contributed by atoms with Gasteiger partial charge in [-0.1, -0.05) is 18.0 Å². The standard InChI is InChI=1S/C27H35BrClF3N4O3/c1-26(2,3)39-25(37)36-12-8-11-20(16-36)33-22-14-18(24(29)35-34-22)10-7-5-6-9-17-13-19(27(30,31)32)15-21(38-4)23(17)28/h13-15,20H,5-12,16H2,1-4H3,(H,33,34)/t20-/m1/s1. The van der Waals surface area contributed by atoms with Crippen LogP contribution in [-0.4, -0.2) is 53.0 Å². The number of ether oxygens (including phenoxy) is 2. The monoisotopic (exact) mass is 634 g/mol. The van der Waals surface area contributed by atoms with E-state index in [1.807, 2.05) is 26.8 Å². The molecule has 2 heterocycles. The van der Waals surface area contributed by atoms with Gasteiger partial charge in [0.1, 0.15) is 17.2 Å². The lowest BCUT2D eigenvalue weighted by Gasteiger charge is -2.34. The fraction of sp³-hybridized carbons (Fsp3) is 0.593. The number of benzene rings is 1. The zero-order chi connectivity index (χ0) is 28.8. The van der Waals surface area contributed by atoms with E-state index < -0.39 is 17.3 Å². The van der Waals surface area contributed by atoms with Crippen LogP contribution in [0.1, 0.15) is 69.6 Å². The van der Waals surface area contributed by atoms with Gasteiger partial charge < -0.3 is 19.7 Å². The molecule has 0 saturated carbocycles. The molecule has 1 aliphatic heterocycles. The fourth-order valence-electron chi connectivity index (χ4n) is 4.42. The molecule has 1 atom stereocenters. The van der Waals surface area contributed by atoms with E-state index in [9.17, 15) is 18.0 Å². The first-order chi connectivity index (χ1) is 18.3. The predicted octanol–water partition coefficient (Wildman–Crippen LogP) is 7.69. The van der Waals surface area contributed by atoms with Crippen molar-refractivity contribution in [2.24, 2.45) is 0 Å². The average molecular weight is 636 g/mol. The van der Waals surface area contributed by atoms with Gasteiger partial charge >= 0.3 is 12.3 Å². The summed E-state index contributed by atoms with van der Waals surface area (Å²) < 4.78 is 50.9. The Balaban J connectivity index is 1.53. The average Bonchev–Trinajstić information content (AvgIpc) is 2.85. The number of piperidine rings is 1. The van der Waals surface area contributed by atoms with E-state index in [0.717, 1.165) is 37.3 Å². The summed E-state index contributed by atoms with van der Waals surface area (Å²) in [5, 5.41) is 11.9. The van der Waals surface area contributed by atoms with Crippen LogP contribution in [0, 0.1) is 0 Å². The molecule has 1 amide bonds. The summed E-state index contributed by atoms with van der Waals surface area (Å²) >= 11 is 9.66. The van der Waals surface area contributed by atoms with Crippen LogP contribution in [-0.2, 0) is 23.8 Å².